The van der Waals surface area contributed by atoms with Crippen molar-refractivity contribution >= 4 is 17.5 Å². The lowest BCUT2D eigenvalue weighted by molar-refractivity contribution is -0.118. The molecule has 0 aliphatic heterocycles. The van der Waals surface area contributed by atoms with Gasteiger partial charge in [-0.3, -0.25) is 9.59 Å². The van der Waals surface area contributed by atoms with Crippen LogP contribution in [0.25, 0.3) is 0 Å². The van der Waals surface area contributed by atoms with Gasteiger partial charge in [0.1, 0.15) is 5.75 Å². The topological polar surface area (TPSA) is 84.7 Å². The molecule has 0 fully saturated rings. The van der Waals surface area contributed by atoms with Crippen molar-refractivity contribution in [2.24, 2.45) is 5.73 Å². The molecule has 0 bridgehead atoms. The third-order valence-electron chi connectivity index (χ3n) is 3.22. The van der Waals surface area contributed by atoms with Crippen LogP contribution in [0.1, 0.15) is 15.9 Å². The van der Waals surface area contributed by atoms with E-state index in [0.29, 0.717) is 11.3 Å². The summed E-state index contributed by atoms with van der Waals surface area (Å²) in [6.45, 7) is 0.681. The van der Waals surface area contributed by atoms with E-state index < -0.39 is 5.91 Å². The summed E-state index contributed by atoms with van der Waals surface area (Å²) < 4.78 is 5.40. The molecule has 0 aliphatic carbocycles. The Balaban J connectivity index is 1.88. The zero-order valence-electron chi connectivity index (χ0n) is 13.8. The number of primary amides is 1. The summed E-state index contributed by atoms with van der Waals surface area (Å²) in [5.41, 5.74) is 7.40. The molecule has 0 heterocycles. The monoisotopic (exact) mass is 327 g/mol. The zero-order chi connectivity index (χ0) is 17.5. The Kier molecular flexibility index (Phi) is 5.92. The van der Waals surface area contributed by atoms with Crippen molar-refractivity contribution in [1.82, 2.24) is 4.90 Å². The molecular weight excluding hydrogens is 306 g/mol. The normalized spacial score (nSPS) is 10.5. The van der Waals surface area contributed by atoms with E-state index in [1.807, 2.05) is 38.4 Å². The van der Waals surface area contributed by atoms with Crippen molar-refractivity contribution in [2.75, 3.05) is 26.0 Å². The molecule has 2 aromatic carbocycles. The molecule has 0 radical (unpaired) electrons. The standard InChI is InChI=1S/C18H21N3O3/c1-21(2)11-13-4-3-5-15(10-13)20-17(22)12-24-16-8-6-14(7-9-16)18(19)23/h3-10H,11-12H2,1-2H3,(H2,19,23)(H,20,22). The van der Waals surface area contributed by atoms with Gasteiger partial charge in [0, 0.05) is 17.8 Å². The quantitative estimate of drug-likeness (QED) is 0.813. The fraction of sp³-hybridized carbons (Fsp3) is 0.222. The molecule has 2 amide bonds. The molecule has 0 aromatic heterocycles. The molecule has 0 unspecified atom stereocenters. The Morgan fingerprint density at radius 3 is 2.46 bits per heavy atom. The Morgan fingerprint density at radius 2 is 1.83 bits per heavy atom. The number of nitrogens with zero attached hydrogens (tertiary/aromatic N) is 1. The minimum Gasteiger partial charge on any atom is -0.484 e. The minimum absolute atomic E-state index is 0.117. The first-order valence-corrected chi connectivity index (χ1v) is 7.50. The van der Waals surface area contributed by atoms with Gasteiger partial charge in [-0.05, 0) is 56.1 Å². The van der Waals surface area contributed by atoms with Crippen molar-refractivity contribution in [3.63, 3.8) is 0 Å². The lowest BCUT2D eigenvalue weighted by Crippen LogP contribution is -2.20. The number of nitrogens with two attached hydrogens (primary N) is 1. The van der Waals surface area contributed by atoms with Gasteiger partial charge in [-0.25, -0.2) is 0 Å². The van der Waals surface area contributed by atoms with Crippen molar-refractivity contribution in [2.45, 2.75) is 6.54 Å². The predicted molar refractivity (Wildman–Crippen MR) is 92.9 cm³/mol. The largest absolute Gasteiger partial charge is 0.484 e. The molecule has 2 rings (SSSR count). The Labute approximate surface area is 141 Å². The molecule has 2 aromatic rings. The van der Waals surface area contributed by atoms with Gasteiger partial charge in [0.15, 0.2) is 6.61 Å². The van der Waals surface area contributed by atoms with Crippen LogP contribution in [0.15, 0.2) is 48.5 Å². The SMILES string of the molecule is CN(C)Cc1cccc(NC(=O)COc2ccc(C(N)=O)cc2)c1. The Morgan fingerprint density at radius 1 is 1.12 bits per heavy atom. The van der Waals surface area contributed by atoms with Crippen LogP contribution in [-0.2, 0) is 11.3 Å². The van der Waals surface area contributed by atoms with E-state index in [0.717, 1.165) is 17.8 Å². The molecule has 6 heteroatoms. The van der Waals surface area contributed by atoms with Crippen LogP contribution in [-0.4, -0.2) is 37.4 Å². The predicted octanol–water partition coefficient (Wildman–Crippen LogP) is 1.86. The van der Waals surface area contributed by atoms with Gasteiger partial charge in [-0.15, -0.1) is 0 Å². The molecule has 6 nitrogen and oxygen atoms in total. The van der Waals surface area contributed by atoms with Gasteiger partial charge >= 0.3 is 0 Å². The molecular formula is C18H21N3O3. The molecule has 0 saturated heterocycles. The highest BCUT2D eigenvalue weighted by Gasteiger charge is 2.06. The molecule has 3 N–H and O–H groups in total. The summed E-state index contributed by atoms with van der Waals surface area (Å²) in [6, 6.07) is 14.0. The zero-order valence-corrected chi connectivity index (χ0v) is 13.8. The highest BCUT2D eigenvalue weighted by molar-refractivity contribution is 5.93. The van der Waals surface area contributed by atoms with E-state index in [1.54, 1.807) is 24.3 Å². The van der Waals surface area contributed by atoms with E-state index in [9.17, 15) is 9.59 Å². The number of hydrogen-bond acceptors (Lipinski definition) is 4. The summed E-state index contributed by atoms with van der Waals surface area (Å²) in [6.07, 6.45) is 0. The Hall–Kier alpha value is -2.86. The van der Waals surface area contributed by atoms with Gasteiger partial charge in [-0.1, -0.05) is 12.1 Å². The van der Waals surface area contributed by atoms with Crippen LogP contribution in [0.3, 0.4) is 0 Å². The molecule has 24 heavy (non-hydrogen) atoms. The molecule has 0 saturated carbocycles. The van der Waals surface area contributed by atoms with Crippen LogP contribution in [0, 0.1) is 0 Å². The number of hydrogen-bond donors (Lipinski definition) is 2. The van der Waals surface area contributed by atoms with Gasteiger partial charge in [-0.2, -0.15) is 0 Å². The van der Waals surface area contributed by atoms with Crippen molar-refractivity contribution in [3.05, 3.63) is 59.7 Å². The van der Waals surface area contributed by atoms with E-state index in [-0.39, 0.29) is 12.5 Å². The van der Waals surface area contributed by atoms with Gasteiger partial charge < -0.3 is 20.7 Å². The third-order valence-corrected chi connectivity index (χ3v) is 3.22. The molecule has 0 atom stereocenters. The van der Waals surface area contributed by atoms with Crippen molar-refractivity contribution in [1.29, 1.82) is 0 Å². The fourth-order valence-corrected chi connectivity index (χ4v) is 2.17. The third kappa shape index (κ3) is 5.40. The highest BCUT2D eigenvalue weighted by Crippen LogP contribution is 2.14. The van der Waals surface area contributed by atoms with Crippen LogP contribution in [0.4, 0.5) is 5.69 Å². The molecule has 126 valence electrons. The lowest BCUT2D eigenvalue weighted by Gasteiger charge is -2.12. The number of carbonyl (C=O) groups is 2. The number of carbonyl (C=O) groups excluding carboxylic acids is 2. The summed E-state index contributed by atoms with van der Waals surface area (Å²) in [7, 11) is 3.98. The minimum atomic E-state index is -0.503. The highest BCUT2D eigenvalue weighted by atomic mass is 16.5. The average Bonchev–Trinajstić information content (AvgIpc) is 2.53. The summed E-state index contributed by atoms with van der Waals surface area (Å²) in [5.74, 6) is -0.260. The van der Waals surface area contributed by atoms with E-state index in [1.165, 1.54) is 0 Å². The lowest BCUT2D eigenvalue weighted by atomic mass is 10.2. The van der Waals surface area contributed by atoms with E-state index in [4.69, 9.17) is 10.5 Å². The molecule has 0 spiro atoms. The van der Waals surface area contributed by atoms with E-state index in [2.05, 4.69) is 10.2 Å². The average molecular weight is 327 g/mol. The maximum atomic E-state index is 12.0. The van der Waals surface area contributed by atoms with Gasteiger partial charge in [0.05, 0.1) is 0 Å². The van der Waals surface area contributed by atoms with Gasteiger partial charge in [0.25, 0.3) is 5.91 Å². The van der Waals surface area contributed by atoms with Crippen LogP contribution >= 0.6 is 0 Å². The number of anilines is 1. The van der Waals surface area contributed by atoms with Crippen molar-refractivity contribution in [3.8, 4) is 5.75 Å². The Bertz CT molecular complexity index is 712. The number of amides is 2. The summed E-state index contributed by atoms with van der Waals surface area (Å²) in [4.78, 5) is 25.0. The second kappa shape index (κ2) is 8.12. The maximum Gasteiger partial charge on any atom is 0.262 e. The summed E-state index contributed by atoms with van der Waals surface area (Å²) >= 11 is 0. The van der Waals surface area contributed by atoms with Crippen LogP contribution in [0.5, 0.6) is 5.75 Å². The van der Waals surface area contributed by atoms with Crippen molar-refractivity contribution < 1.29 is 14.3 Å². The van der Waals surface area contributed by atoms with E-state index >= 15 is 0 Å². The second-order valence-electron chi connectivity index (χ2n) is 5.66. The van der Waals surface area contributed by atoms with Gasteiger partial charge in [0.2, 0.25) is 5.91 Å². The maximum absolute atomic E-state index is 12.0. The first kappa shape index (κ1) is 17.5. The first-order chi connectivity index (χ1) is 11.4. The second-order valence-corrected chi connectivity index (χ2v) is 5.66. The number of ether oxygens (including phenoxy) is 1. The first-order valence-electron chi connectivity index (χ1n) is 7.50. The van der Waals surface area contributed by atoms with Crippen LogP contribution < -0.4 is 15.8 Å². The number of benzene rings is 2. The smallest absolute Gasteiger partial charge is 0.262 e. The number of rotatable bonds is 7. The summed E-state index contributed by atoms with van der Waals surface area (Å²) in [5, 5.41) is 2.80. The fourth-order valence-electron chi connectivity index (χ4n) is 2.17. The van der Waals surface area contributed by atoms with Crippen LogP contribution in [0.2, 0.25) is 0 Å². The molecule has 0 aliphatic rings. The number of nitrogens with one attached hydrogen (secondary N) is 1.